The van der Waals surface area contributed by atoms with Crippen molar-refractivity contribution in [2.75, 3.05) is 0 Å². The van der Waals surface area contributed by atoms with Crippen molar-refractivity contribution in [2.45, 2.75) is 27.7 Å². The maximum Gasteiger partial charge on any atom is 0.308 e. The second-order valence-electron chi connectivity index (χ2n) is 3.78. The van der Waals surface area contributed by atoms with Crippen LogP contribution in [0, 0.1) is 27.4 Å². The van der Waals surface area contributed by atoms with Crippen LogP contribution >= 0.6 is 0 Å². The van der Waals surface area contributed by atoms with Crippen molar-refractivity contribution in [3.8, 4) is 0 Å². The van der Waals surface area contributed by atoms with Gasteiger partial charge in [-0.3, -0.25) is 15.5 Å². The fraction of sp³-hybridized carbons (Fsp3) is 0.667. The molecule has 0 atom stereocenters. The van der Waals surface area contributed by atoms with E-state index < -0.39 is 4.92 Å². The molecule has 0 aliphatic heterocycles. The van der Waals surface area contributed by atoms with E-state index in [1.54, 1.807) is 27.7 Å². The fourth-order valence-electron chi connectivity index (χ4n) is 0.906. The van der Waals surface area contributed by atoms with Gasteiger partial charge in [0, 0.05) is 5.92 Å². The van der Waals surface area contributed by atoms with Crippen LogP contribution in [0.5, 0.6) is 0 Å². The van der Waals surface area contributed by atoms with E-state index in [1.165, 1.54) is 0 Å². The summed E-state index contributed by atoms with van der Waals surface area (Å²) in [5, 5.41) is 18.3. The first-order valence-electron chi connectivity index (χ1n) is 4.51. The van der Waals surface area contributed by atoms with Crippen molar-refractivity contribution < 1.29 is 4.92 Å². The summed E-state index contributed by atoms with van der Waals surface area (Å²) in [6, 6.07) is 0. The lowest BCUT2D eigenvalue weighted by molar-refractivity contribution is -0.417. The summed E-state index contributed by atoms with van der Waals surface area (Å²) >= 11 is 0. The van der Waals surface area contributed by atoms with Gasteiger partial charge in [-0.15, -0.1) is 0 Å². The van der Waals surface area contributed by atoms with Crippen molar-refractivity contribution in [1.29, 1.82) is 5.41 Å². The lowest BCUT2D eigenvalue weighted by Gasteiger charge is -2.10. The van der Waals surface area contributed by atoms with E-state index in [4.69, 9.17) is 11.1 Å². The summed E-state index contributed by atoms with van der Waals surface area (Å²) in [5.74, 6) is -0.304. The van der Waals surface area contributed by atoms with E-state index in [2.05, 4.69) is 0 Å². The highest BCUT2D eigenvalue weighted by atomic mass is 16.6. The maximum atomic E-state index is 10.7. The fourth-order valence-corrected chi connectivity index (χ4v) is 0.906. The Labute approximate surface area is 83.6 Å². The first-order chi connectivity index (χ1) is 6.29. The van der Waals surface area contributed by atoms with Gasteiger partial charge in [0.25, 0.3) is 0 Å². The number of hydrogen-bond acceptors (Lipinski definition) is 4. The molecule has 14 heavy (non-hydrogen) atoms. The zero-order valence-corrected chi connectivity index (χ0v) is 9.00. The third-order valence-corrected chi connectivity index (χ3v) is 1.91. The third-order valence-electron chi connectivity index (χ3n) is 1.91. The summed E-state index contributed by atoms with van der Waals surface area (Å²) in [6.07, 6.45) is 0. The molecule has 0 unspecified atom stereocenters. The minimum atomic E-state index is -0.572. The Morgan fingerprint density at radius 1 is 1.29 bits per heavy atom. The molecule has 0 spiro atoms. The maximum absolute atomic E-state index is 10.7. The van der Waals surface area contributed by atoms with E-state index in [9.17, 15) is 10.1 Å². The van der Waals surface area contributed by atoms with E-state index in [0.717, 1.165) is 0 Å². The summed E-state index contributed by atoms with van der Waals surface area (Å²) in [5.41, 5.74) is 5.52. The standard InChI is InChI=1S/C9H17N3O2/c1-5(2)7(10)9(12(13)14)8(11)6(3)4/h5-6,10H,11H2,1-4H3/b9-8+,10-7?. The van der Waals surface area contributed by atoms with Gasteiger partial charge in [-0.2, -0.15) is 0 Å². The lowest BCUT2D eigenvalue weighted by Crippen LogP contribution is -2.23. The zero-order chi connectivity index (χ0) is 11.5. The molecule has 5 heteroatoms. The lowest BCUT2D eigenvalue weighted by atomic mass is 10.0. The van der Waals surface area contributed by atoms with Gasteiger partial charge >= 0.3 is 5.70 Å². The average Bonchev–Trinajstić information content (AvgIpc) is 2.03. The highest BCUT2D eigenvalue weighted by Gasteiger charge is 2.25. The van der Waals surface area contributed by atoms with Gasteiger partial charge in [-0.1, -0.05) is 27.7 Å². The SMILES string of the molecule is CC(C)C(=N)/C(=C(\N)C(C)C)[N+](=O)[O-]. The van der Waals surface area contributed by atoms with Gasteiger partial charge in [0.05, 0.1) is 10.6 Å². The second-order valence-corrected chi connectivity index (χ2v) is 3.78. The molecule has 0 saturated heterocycles. The quantitative estimate of drug-likeness (QED) is 0.410. The molecule has 80 valence electrons. The van der Waals surface area contributed by atoms with E-state index in [-0.39, 0.29) is 28.9 Å². The van der Waals surface area contributed by atoms with Gasteiger partial charge in [0.2, 0.25) is 0 Å². The Balaban J connectivity index is 5.26. The van der Waals surface area contributed by atoms with Crippen molar-refractivity contribution in [2.24, 2.45) is 17.6 Å². The van der Waals surface area contributed by atoms with E-state index in [1.807, 2.05) is 0 Å². The molecule has 0 aliphatic carbocycles. The Kier molecular flexibility index (Phi) is 4.27. The number of nitro groups is 1. The molecule has 0 amide bonds. The van der Waals surface area contributed by atoms with Gasteiger partial charge in [0.15, 0.2) is 0 Å². The van der Waals surface area contributed by atoms with Gasteiger partial charge in [-0.05, 0) is 5.92 Å². The van der Waals surface area contributed by atoms with Crippen LogP contribution in [-0.4, -0.2) is 10.6 Å². The highest BCUT2D eigenvalue weighted by Crippen LogP contribution is 2.14. The Morgan fingerprint density at radius 3 is 1.93 bits per heavy atom. The van der Waals surface area contributed by atoms with Crippen LogP contribution in [0.2, 0.25) is 0 Å². The molecule has 0 aliphatic rings. The second kappa shape index (κ2) is 4.74. The minimum absolute atomic E-state index is 0.0128. The molecule has 0 heterocycles. The molecular weight excluding hydrogens is 182 g/mol. The molecule has 0 saturated carbocycles. The zero-order valence-electron chi connectivity index (χ0n) is 9.00. The van der Waals surface area contributed by atoms with E-state index >= 15 is 0 Å². The number of nitrogens with zero attached hydrogens (tertiary/aromatic N) is 1. The van der Waals surface area contributed by atoms with Crippen molar-refractivity contribution in [3.63, 3.8) is 0 Å². The van der Waals surface area contributed by atoms with Crippen LogP contribution < -0.4 is 5.73 Å². The third kappa shape index (κ3) is 2.83. The smallest absolute Gasteiger partial charge is 0.308 e. The summed E-state index contributed by atoms with van der Waals surface area (Å²) in [7, 11) is 0. The Bertz CT molecular complexity index is 280. The predicted octanol–water partition coefficient (Wildman–Crippen LogP) is 1.77. The van der Waals surface area contributed by atoms with Crippen LogP contribution in [0.3, 0.4) is 0 Å². The number of allylic oxidation sites excluding steroid dienone is 2. The molecule has 0 radical (unpaired) electrons. The van der Waals surface area contributed by atoms with Gasteiger partial charge in [-0.25, -0.2) is 0 Å². The molecule has 0 aromatic carbocycles. The molecular formula is C9H17N3O2. The summed E-state index contributed by atoms with van der Waals surface area (Å²) < 4.78 is 0. The normalized spacial score (nSPS) is 13.0. The average molecular weight is 199 g/mol. The van der Waals surface area contributed by atoms with Crippen molar-refractivity contribution in [1.82, 2.24) is 0 Å². The summed E-state index contributed by atoms with van der Waals surface area (Å²) in [4.78, 5) is 10.1. The molecule has 0 fully saturated rings. The molecule has 0 rings (SSSR count). The molecule has 0 aromatic rings. The first kappa shape index (κ1) is 12.6. The Morgan fingerprint density at radius 2 is 1.71 bits per heavy atom. The van der Waals surface area contributed by atoms with Crippen molar-refractivity contribution >= 4 is 5.71 Å². The summed E-state index contributed by atoms with van der Waals surface area (Å²) in [6.45, 7) is 7.01. The predicted molar refractivity (Wildman–Crippen MR) is 55.6 cm³/mol. The molecule has 0 bridgehead atoms. The largest absolute Gasteiger partial charge is 0.396 e. The van der Waals surface area contributed by atoms with Crippen LogP contribution in [0.25, 0.3) is 0 Å². The number of rotatable bonds is 4. The number of nitrogens with one attached hydrogen (secondary N) is 1. The van der Waals surface area contributed by atoms with Crippen LogP contribution in [-0.2, 0) is 0 Å². The Hall–Kier alpha value is -1.39. The van der Waals surface area contributed by atoms with Crippen molar-refractivity contribution in [3.05, 3.63) is 21.5 Å². The van der Waals surface area contributed by atoms with Gasteiger partial charge < -0.3 is 5.73 Å². The van der Waals surface area contributed by atoms with Crippen LogP contribution in [0.4, 0.5) is 0 Å². The monoisotopic (exact) mass is 199 g/mol. The molecule has 3 N–H and O–H groups in total. The van der Waals surface area contributed by atoms with Crippen LogP contribution in [0.15, 0.2) is 11.4 Å². The van der Waals surface area contributed by atoms with Gasteiger partial charge in [0.1, 0.15) is 5.71 Å². The highest BCUT2D eigenvalue weighted by molar-refractivity contribution is 5.97. The minimum Gasteiger partial charge on any atom is -0.396 e. The molecule has 5 nitrogen and oxygen atoms in total. The number of hydrogen-bond donors (Lipinski definition) is 2. The topological polar surface area (TPSA) is 93.0 Å². The number of nitrogens with two attached hydrogens (primary N) is 1. The van der Waals surface area contributed by atoms with E-state index in [0.29, 0.717) is 0 Å². The molecule has 0 aromatic heterocycles. The van der Waals surface area contributed by atoms with Crippen LogP contribution in [0.1, 0.15) is 27.7 Å². The first-order valence-corrected chi connectivity index (χ1v) is 4.51.